The van der Waals surface area contributed by atoms with Gasteiger partial charge in [-0.25, -0.2) is 0 Å². The summed E-state index contributed by atoms with van der Waals surface area (Å²) in [5, 5.41) is 2.96. The number of nitrogens with zero attached hydrogens (tertiary/aromatic N) is 1. The Morgan fingerprint density at radius 3 is 2.09 bits per heavy atom. The highest BCUT2D eigenvalue weighted by Crippen LogP contribution is 2.30. The average Bonchev–Trinajstić information content (AvgIpc) is 2.89. The third kappa shape index (κ3) is 5.17. The van der Waals surface area contributed by atoms with Gasteiger partial charge < -0.3 is 19.7 Å². The van der Waals surface area contributed by atoms with Gasteiger partial charge in [0.15, 0.2) is 11.5 Å². The largest absolute Gasteiger partial charge is 0.493 e. The Hall–Kier alpha value is -3.80. The molecule has 170 valence electrons. The van der Waals surface area contributed by atoms with E-state index >= 15 is 0 Å². The van der Waals surface area contributed by atoms with Gasteiger partial charge in [-0.15, -0.1) is 0 Å². The van der Waals surface area contributed by atoms with Crippen LogP contribution in [-0.4, -0.2) is 44.0 Å². The molecule has 2 amide bonds. The molecule has 1 aliphatic heterocycles. The number of likely N-dealkylation sites (tertiary alicyclic amines) is 1. The number of carbonyl (C=O) groups is 2. The van der Waals surface area contributed by atoms with Crippen LogP contribution in [0.4, 0.5) is 5.69 Å². The Morgan fingerprint density at radius 2 is 1.45 bits per heavy atom. The van der Waals surface area contributed by atoms with Gasteiger partial charge >= 0.3 is 0 Å². The van der Waals surface area contributed by atoms with Crippen molar-refractivity contribution < 1.29 is 19.1 Å². The molecular weight excluding hydrogens is 416 g/mol. The molecule has 0 aromatic heterocycles. The van der Waals surface area contributed by atoms with Crippen LogP contribution in [0.25, 0.3) is 11.1 Å². The van der Waals surface area contributed by atoms with Crippen molar-refractivity contribution in [3.05, 3.63) is 78.4 Å². The maximum atomic E-state index is 12.9. The molecule has 6 heteroatoms. The summed E-state index contributed by atoms with van der Waals surface area (Å²) in [4.78, 5) is 27.5. The maximum Gasteiger partial charge on any atom is 0.253 e. The fourth-order valence-corrected chi connectivity index (χ4v) is 4.12. The van der Waals surface area contributed by atoms with Crippen LogP contribution < -0.4 is 14.8 Å². The Balaban J connectivity index is 1.33. The van der Waals surface area contributed by atoms with Crippen LogP contribution in [0.15, 0.2) is 72.8 Å². The van der Waals surface area contributed by atoms with Crippen LogP contribution in [0.5, 0.6) is 11.5 Å². The summed E-state index contributed by atoms with van der Waals surface area (Å²) in [6.07, 6.45) is 1.26. The van der Waals surface area contributed by atoms with E-state index in [1.165, 1.54) is 0 Å². The zero-order valence-electron chi connectivity index (χ0n) is 18.9. The van der Waals surface area contributed by atoms with E-state index in [1.54, 1.807) is 32.4 Å². The van der Waals surface area contributed by atoms with Gasteiger partial charge in [-0.1, -0.05) is 42.5 Å². The first-order valence-corrected chi connectivity index (χ1v) is 11.1. The summed E-state index contributed by atoms with van der Waals surface area (Å²) in [5.74, 6) is 1.01. The van der Waals surface area contributed by atoms with Crippen molar-refractivity contribution in [1.82, 2.24) is 4.90 Å². The van der Waals surface area contributed by atoms with Gasteiger partial charge in [0.1, 0.15) is 0 Å². The first-order chi connectivity index (χ1) is 16.1. The van der Waals surface area contributed by atoms with Crippen molar-refractivity contribution >= 4 is 17.5 Å². The van der Waals surface area contributed by atoms with E-state index in [9.17, 15) is 9.59 Å². The number of carbonyl (C=O) groups excluding carboxylic acids is 2. The number of nitrogens with one attached hydrogen (secondary N) is 1. The lowest BCUT2D eigenvalue weighted by atomic mass is 9.95. The number of ether oxygens (including phenoxy) is 2. The van der Waals surface area contributed by atoms with E-state index in [0.717, 1.165) is 11.1 Å². The van der Waals surface area contributed by atoms with Crippen LogP contribution >= 0.6 is 0 Å². The molecule has 0 bridgehead atoms. The molecule has 1 saturated heterocycles. The summed E-state index contributed by atoms with van der Waals surface area (Å²) < 4.78 is 10.5. The first kappa shape index (κ1) is 22.4. The molecule has 0 atom stereocenters. The number of methoxy groups -OCH3 is 2. The molecular formula is C27H28N2O4. The molecule has 0 aliphatic carbocycles. The predicted octanol–water partition coefficient (Wildman–Crippen LogP) is 4.86. The number of benzene rings is 3. The fourth-order valence-electron chi connectivity index (χ4n) is 4.12. The van der Waals surface area contributed by atoms with Crippen molar-refractivity contribution in [2.45, 2.75) is 12.8 Å². The molecule has 1 fully saturated rings. The zero-order valence-corrected chi connectivity index (χ0v) is 18.9. The Bertz CT molecular complexity index is 1100. The Kier molecular flexibility index (Phi) is 6.93. The molecule has 33 heavy (non-hydrogen) atoms. The molecule has 1 N–H and O–H groups in total. The lowest BCUT2D eigenvalue weighted by Gasteiger charge is -2.31. The highest BCUT2D eigenvalue weighted by Gasteiger charge is 2.28. The number of anilines is 1. The highest BCUT2D eigenvalue weighted by molar-refractivity contribution is 5.96. The summed E-state index contributed by atoms with van der Waals surface area (Å²) in [6, 6.07) is 23.1. The van der Waals surface area contributed by atoms with Gasteiger partial charge in [-0.05, 0) is 48.2 Å². The molecule has 6 nitrogen and oxygen atoms in total. The minimum atomic E-state index is -0.136. The summed E-state index contributed by atoms with van der Waals surface area (Å²) in [7, 11) is 3.13. The second-order valence-electron chi connectivity index (χ2n) is 8.07. The second-order valence-corrected chi connectivity index (χ2v) is 8.07. The molecule has 0 unspecified atom stereocenters. The smallest absolute Gasteiger partial charge is 0.253 e. The quantitative estimate of drug-likeness (QED) is 0.590. The van der Waals surface area contributed by atoms with Crippen LogP contribution in [-0.2, 0) is 4.79 Å². The lowest BCUT2D eigenvalue weighted by molar-refractivity contribution is -0.121. The number of rotatable bonds is 6. The number of hydrogen-bond donors (Lipinski definition) is 1. The minimum Gasteiger partial charge on any atom is -0.493 e. The normalized spacial score (nSPS) is 13.9. The van der Waals surface area contributed by atoms with Gasteiger partial charge in [0.05, 0.1) is 14.2 Å². The van der Waals surface area contributed by atoms with E-state index in [4.69, 9.17) is 9.47 Å². The molecule has 0 saturated carbocycles. The summed E-state index contributed by atoms with van der Waals surface area (Å²) >= 11 is 0. The van der Waals surface area contributed by atoms with Crippen molar-refractivity contribution in [2.24, 2.45) is 5.92 Å². The summed E-state index contributed by atoms with van der Waals surface area (Å²) in [6.45, 7) is 1.12. The van der Waals surface area contributed by atoms with E-state index in [-0.39, 0.29) is 17.7 Å². The monoisotopic (exact) mass is 444 g/mol. The van der Waals surface area contributed by atoms with E-state index in [1.807, 2.05) is 47.4 Å². The third-order valence-electron chi connectivity index (χ3n) is 6.04. The van der Waals surface area contributed by atoms with Gasteiger partial charge in [0, 0.05) is 36.3 Å². The topological polar surface area (TPSA) is 67.9 Å². The Labute approximate surface area is 194 Å². The van der Waals surface area contributed by atoms with Gasteiger partial charge in [-0.2, -0.15) is 0 Å². The SMILES string of the molecule is COc1ccc(NC(=O)C2CCN(C(=O)c3ccc(-c4ccccc4)cc3)CC2)cc1OC. The lowest BCUT2D eigenvalue weighted by Crippen LogP contribution is -2.41. The second kappa shape index (κ2) is 10.2. The molecule has 1 aliphatic rings. The number of hydrogen-bond acceptors (Lipinski definition) is 4. The first-order valence-electron chi connectivity index (χ1n) is 11.1. The third-order valence-corrected chi connectivity index (χ3v) is 6.04. The van der Waals surface area contributed by atoms with Gasteiger partial charge in [0.2, 0.25) is 5.91 Å². The Morgan fingerprint density at radius 1 is 0.818 bits per heavy atom. The van der Waals surface area contributed by atoms with Crippen molar-refractivity contribution in [2.75, 3.05) is 32.6 Å². The predicted molar refractivity (Wildman–Crippen MR) is 129 cm³/mol. The van der Waals surface area contributed by atoms with Crippen LogP contribution in [0.2, 0.25) is 0 Å². The molecule has 3 aromatic carbocycles. The van der Waals surface area contributed by atoms with Crippen molar-refractivity contribution in [1.29, 1.82) is 0 Å². The maximum absolute atomic E-state index is 12.9. The van der Waals surface area contributed by atoms with Crippen LogP contribution in [0, 0.1) is 5.92 Å². The van der Waals surface area contributed by atoms with E-state index in [2.05, 4.69) is 17.4 Å². The molecule has 0 radical (unpaired) electrons. The molecule has 0 spiro atoms. The van der Waals surface area contributed by atoms with Crippen molar-refractivity contribution in [3.8, 4) is 22.6 Å². The highest BCUT2D eigenvalue weighted by atomic mass is 16.5. The summed E-state index contributed by atoms with van der Waals surface area (Å²) in [5.41, 5.74) is 3.54. The van der Waals surface area contributed by atoms with Crippen LogP contribution in [0.1, 0.15) is 23.2 Å². The van der Waals surface area contributed by atoms with E-state index in [0.29, 0.717) is 48.7 Å². The van der Waals surface area contributed by atoms with Gasteiger partial charge in [0.25, 0.3) is 5.91 Å². The minimum absolute atomic E-state index is 0.00774. The molecule has 3 aromatic rings. The average molecular weight is 445 g/mol. The fraction of sp³-hybridized carbons (Fsp3) is 0.259. The standard InChI is InChI=1S/C27H28N2O4/c1-32-24-13-12-23(18-25(24)33-2)28-26(30)21-14-16-29(17-15-21)27(31)22-10-8-20(9-11-22)19-6-4-3-5-7-19/h3-13,18,21H,14-17H2,1-2H3,(H,28,30). The van der Waals surface area contributed by atoms with E-state index < -0.39 is 0 Å². The van der Waals surface area contributed by atoms with Crippen LogP contribution in [0.3, 0.4) is 0 Å². The van der Waals surface area contributed by atoms with Gasteiger partial charge in [-0.3, -0.25) is 9.59 Å². The number of piperidine rings is 1. The molecule has 1 heterocycles. The number of amides is 2. The van der Waals surface area contributed by atoms with Crippen molar-refractivity contribution in [3.63, 3.8) is 0 Å². The zero-order chi connectivity index (χ0) is 23.2. The molecule has 4 rings (SSSR count).